The van der Waals surface area contributed by atoms with Gasteiger partial charge in [-0.05, 0) is 29.4 Å². The third kappa shape index (κ3) is 9.51. The molecule has 0 radical (unpaired) electrons. The Morgan fingerprint density at radius 1 is 0.886 bits per heavy atom. The third-order valence-electron chi connectivity index (χ3n) is 6.45. The zero-order valence-electron chi connectivity index (χ0n) is 22.6. The maximum atomic E-state index is 13.3. The van der Waals surface area contributed by atoms with Crippen LogP contribution in [0.2, 0.25) is 0 Å². The van der Waals surface area contributed by atoms with E-state index in [1.165, 1.54) is 68.8 Å². The standard InChI is InChI=1S/C28H47N5OS/c1-6-7-8-9-10-11-12-13-14-15-16-20-35-28-32-31-26(29)33(28)27(34)30-25-23(21(2)3)18-17-19-24(25)22(4)5/h17-19,21-22H,6-16,20H2,1-5H3,(H2,29,31)(H,30,34). The number of rotatable bonds is 16. The van der Waals surface area contributed by atoms with Gasteiger partial charge in [0, 0.05) is 11.4 Å². The van der Waals surface area contributed by atoms with Gasteiger partial charge in [-0.15, -0.1) is 10.2 Å². The second-order valence-corrected chi connectivity index (χ2v) is 11.2. The van der Waals surface area contributed by atoms with Crippen molar-refractivity contribution in [2.75, 3.05) is 16.8 Å². The zero-order chi connectivity index (χ0) is 25.6. The Morgan fingerprint density at radius 3 is 1.91 bits per heavy atom. The first-order chi connectivity index (χ1) is 16.9. The number of nitrogens with zero attached hydrogens (tertiary/aromatic N) is 3. The lowest BCUT2D eigenvalue weighted by atomic mass is 9.93. The Hall–Kier alpha value is -2.02. The molecule has 1 amide bonds. The minimum Gasteiger partial charge on any atom is -0.367 e. The van der Waals surface area contributed by atoms with Crippen LogP contribution in [0.25, 0.3) is 0 Å². The molecule has 1 aromatic carbocycles. The molecular weight excluding hydrogens is 454 g/mol. The van der Waals surface area contributed by atoms with Gasteiger partial charge in [0.25, 0.3) is 0 Å². The van der Waals surface area contributed by atoms with Crippen LogP contribution in [0.15, 0.2) is 23.4 Å². The number of amides is 1. The summed E-state index contributed by atoms with van der Waals surface area (Å²) in [4.78, 5) is 13.3. The number of para-hydroxylation sites is 1. The van der Waals surface area contributed by atoms with Crippen molar-refractivity contribution in [2.45, 2.75) is 122 Å². The second-order valence-electron chi connectivity index (χ2n) is 10.1. The maximum Gasteiger partial charge on any atom is 0.335 e. The van der Waals surface area contributed by atoms with Gasteiger partial charge in [0.2, 0.25) is 11.1 Å². The third-order valence-corrected chi connectivity index (χ3v) is 7.46. The Morgan fingerprint density at radius 2 is 1.40 bits per heavy atom. The molecule has 1 heterocycles. The monoisotopic (exact) mass is 501 g/mol. The predicted molar refractivity (Wildman–Crippen MR) is 151 cm³/mol. The highest BCUT2D eigenvalue weighted by molar-refractivity contribution is 7.99. The first-order valence-electron chi connectivity index (χ1n) is 13.6. The number of carbonyl (C=O) groups is 1. The lowest BCUT2D eigenvalue weighted by Crippen LogP contribution is -2.24. The van der Waals surface area contributed by atoms with Crippen molar-refractivity contribution in [3.05, 3.63) is 29.3 Å². The lowest BCUT2D eigenvalue weighted by molar-refractivity contribution is 0.252. The average Bonchev–Trinajstić information content (AvgIpc) is 3.19. The van der Waals surface area contributed by atoms with Gasteiger partial charge in [0.1, 0.15) is 0 Å². The zero-order valence-corrected chi connectivity index (χ0v) is 23.4. The van der Waals surface area contributed by atoms with E-state index in [0.717, 1.165) is 29.0 Å². The number of aromatic nitrogens is 3. The van der Waals surface area contributed by atoms with Gasteiger partial charge >= 0.3 is 6.03 Å². The molecule has 0 saturated carbocycles. The number of nitrogens with two attached hydrogens (primary N) is 1. The molecule has 3 N–H and O–H groups in total. The summed E-state index contributed by atoms with van der Waals surface area (Å²) >= 11 is 1.56. The van der Waals surface area contributed by atoms with Crippen LogP contribution in [0.5, 0.6) is 0 Å². The largest absolute Gasteiger partial charge is 0.367 e. The molecule has 0 saturated heterocycles. The van der Waals surface area contributed by atoms with Crippen LogP contribution >= 0.6 is 11.8 Å². The number of benzene rings is 1. The first kappa shape index (κ1) is 29.2. The van der Waals surface area contributed by atoms with Gasteiger partial charge < -0.3 is 11.1 Å². The Bertz CT molecular complexity index is 867. The molecule has 35 heavy (non-hydrogen) atoms. The highest BCUT2D eigenvalue weighted by atomic mass is 32.2. The van der Waals surface area contributed by atoms with Crippen LogP contribution in [0.3, 0.4) is 0 Å². The number of hydrogen-bond donors (Lipinski definition) is 2. The minimum absolute atomic E-state index is 0.122. The summed E-state index contributed by atoms with van der Waals surface area (Å²) in [6.45, 7) is 10.8. The highest BCUT2D eigenvalue weighted by Gasteiger charge is 2.21. The normalized spacial score (nSPS) is 11.5. The van der Waals surface area contributed by atoms with Gasteiger partial charge in [-0.3, -0.25) is 0 Å². The van der Waals surface area contributed by atoms with Gasteiger partial charge in [-0.2, -0.15) is 0 Å². The highest BCUT2D eigenvalue weighted by Crippen LogP contribution is 2.33. The first-order valence-corrected chi connectivity index (χ1v) is 14.6. The number of hydrogen-bond acceptors (Lipinski definition) is 5. The van der Waals surface area contributed by atoms with E-state index in [9.17, 15) is 4.79 Å². The van der Waals surface area contributed by atoms with Gasteiger partial charge in [-0.1, -0.05) is 129 Å². The fourth-order valence-electron chi connectivity index (χ4n) is 4.35. The van der Waals surface area contributed by atoms with Crippen LogP contribution in [-0.4, -0.2) is 26.5 Å². The number of carbonyl (C=O) groups excluding carboxylic acids is 1. The Balaban J connectivity index is 1.84. The molecule has 6 nitrogen and oxygen atoms in total. The van der Waals surface area contributed by atoms with E-state index in [1.54, 1.807) is 11.8 Å². The van der Waals surface area contributed by atoms with Crippen molar-refractivity contribution in [3.63, 3.8) is 0 Å². The fourth-order valence-corrected chi connectivity index (χ4v) is 5.29. The average molecular weight is 502 g/mol. The van der Waals surface area contributed by atoms with Gasteiger partial charge in [-0.25, -0.2) is 9.36 Å². The van der Waals surface area contributed by atoms with E-state index in [-0.39, 0.29) is 23.8 Å². The molecule has 0 atom stereocenters. The quantitative estimate of drug-likeness (QED) is 0.178. The molecule has 1 aromatic heterocycles. The number of nitrogens with one attached hydrogen (secondary N) is 1. The van der Waals surface area contributed by atoms with Crippen LogP contribution in [-0.2, 0) is 0 Å². The van der Waals surface area contributed by atoms with Crippen molar-refractivity contribution in [3.8, 4) is 0 Å². The molecule has 0 aliphatic carbocycles. The van der Waals surface area contributed by atoms with Gasteiger partial charge in [0.05, 0.1) is 0 Å². The van der Waals surface area contributed by atoms with E-state index < -0.39 is 0 Å². The van der Waals surface area contributed by atoms with Gasteiger partial charge in [0.15, 0.2) is 0 Å². The van der Waals surface area contributed by atoms with Crippen molar-refractivity contribution in [1.82, 2.24) is 14.8 Å². The fraction of sp³-hybridized carbons (Fsp3) is 0.679. The minimum atomic E-state index is -0.302. The van der Waals surface area contributed by atoms with Crippen LogP contribution in [0.4, 0.5) is 16.4 Å². The molecular formula is C28H47N5OS. The Labute approximate surface area is 217 Å². The lowest BCUT2D eigenvalue weighted by Gasteiger charge is -2.20. The van der Waals surface area contributed by atoms with E-state index in [1.807, 2.05) is 0 Å². The van der Waals surface area contributed by atoms with E-state index in [4.69, 9.17) is 5.73 Å². The SMILES string of the molecule is CCCCCCCCCCCCCSc1nnc(N)n1C(=O)Nc1c(C(C)C)cccc1C(C)C. The van der Waals surface area contributed by atoms with Crippen LogP contribution in [0, 0.1) is 0 Å². The number of thioether (sulfide) groups is 1. The molecule has 0 aliphatic heterocycles. The van der Waals surface area contributed by atoms with E-state index in [0.29, 0.717) is 5.16 Å². The molecule has 0 spiro atoms. The van der Waals surface area contributed by atoms with Crippen LogP contribution < -0.4 is 11.1 Å². The molecule has 0 bridgehead atoms. The molecule has 2 aromatic rings. The molecule has 0 aliphatic rings. The smallest absolute Gasteiger partial charge is 0.335 e. The van der Waals surface area contributed by atoms with E-state index >= 15 is 0 Å². The van der Waals surface area contributed by atoms with Crippen molar-refractivity contribution in [1.29, 1.82) is 0 Å². The summed E-state index contributed by atoms with van der Waals surface area (Å²) in [5, 5.41) is 11.8. The molecule has 2 rings (SSSR count). The number of unbranched alkanes of at least 4 members (excludes halogenated alkanes) is 10. The van der Waals surface area contributed by atoms with Crippen molar-refractivity contribution in [2.24, 2.45) is 0 Å². The summed E-state index contributed by atoms with van der Waals surface area (Å²) in [5.41, 5.74) is 9.15. The summed E-state index contributed by atoms with van der Waals surface area (Å²) in [6, 6.07) is 5.90. The molecule has 0 unspecified atom stereocenters. The maximum absolute atomic E-state index is 13.3. The molecule has 196 valence electrons. The van der Waals surface area contributed by atoms with Crippen molar-refractivity contribution >= 4 is 29.4 Å². The summed E-state index contributed by atoms with van der Waals surface area (Å²) in [7, 11) is 0. The van der Waals surface area contributed by atoms with Crippen molar-refractivity contribution < 1.29 is 4.79 Å². The predicted octanol–water partition coefficient (Wildman–Crippen LogP) is 8.59. The summed E-state index contributed by atoms with van der Waals surface area (Å²) in [5.74, 6) is 1.61. The number of nitrogen functional groups attached to an aromatic ring is 1. The second kappa shape index (κ2) is 15.9. The summed E-state index contributed by atoms with van der Waals surface area (Å²) < 4.78 is 1.41. The number of anilines is 2. The summed E-state index contributed by atoms with van der Waals surface area (Å²) in [6.07, 6.45) is 14.5. The van der Waals surface area contributed by atoms with E-state index in [2.05, 4.69) is 68.3 Å². The Kier molecular flexibility index (Phi) is 13.2. The molecule has 7 heteroatoms. The topological polar surface area (TPSA) is 85.8 Å². The molecule has 0 fully saturated rings. The van der Waals surface area contributed by atoms with Crippen LogP contribution in [0.1, 0.15) is 128 Å².